The number of aliphatic carboxylic acids is 1. The molecule has 0 aliphatic carbocycles. The Bertz CT molecular complexity index is 1240. The van der Waals surface area contributed by atoms with Crippen molar-refractivity contribution < 1.29 is 19.4 Å². The molecule has 0 radical (unpaired) electrons. The van der Waals surface area contributed by atoms with Crippen LogP contribution in [0.3, 0.4) is 0 Å². The van der Waals surface area contributed by atoms with Gasteiger partial charge in [0.15, 0.2) is 5.82 Å². The summed E-state index contributed by atoms with van der Waals surface area (Å²) in [6.07, 6.45) is 0.432. The van der Waals surface area contributed by atoms with Crippen molar-refractivity contribution in [1.29, 1.82) is 0 Å². The summed E-state index contributed by atoms with van der Waals surface area (Å²) in [6.45, 7) is 1.80. The van der Waals surface area contributed by atoms with Crippen LogP contribution in [0.25, 0.3) is 16.8 Å². The maximum absolute atomic E-state index is 12.4. The molecule has 8 heteroatoms. The molecule has 1 aromatic heterocycles. The fourth-order valence-corrected chi connectivity index (χ4v) is 3.38. The molecule has 4 rings (SSSR count). The van der Waals surface area contributed by atoms with Crippen LogP contribution in [0.5, 0.6) is 0 Å². The largest absolute Gasteiger partial charge is 0.481 e. The van der Waals surface area contributed by atoms with E-state index in [9.17, 15) is 9.59 Å². The topological polar surface area (TPSA) is 106 Å². The van der Waals surface area contributed by atoms with Gasteiger partial charge >= 0.3 is 12.1 Å². The van der Waals surface area contributed by atoms with E-state index in [2.05, 4.69) is 15.6 Å². The maximum Gasteiger partial charge on any atom is 0.413 e. The summed E-state index contributed by atoms with van der Waals surface area (Å²) >= 11 is 0. The van der Waals surface area contributed by atoms with Crippen molar-refractivity contribution in [2.24, 2.45) is 0 Å². The number of nitrogens with zero attached hydrogens (tertiary/aromatic N) is 3. The molecule has 1 heterocycles. The highest BCUT2D eigenvalue weighted by Gasteiger charge is 2.15. The highest BCUT2D eigenvalue weighted by Crippen LogP contribution is 2.23. The quantitative estimate of drug-likeness (QED) is 0.423. The SMILES string of the molecule is C[C@@H](OC(=O)Nc1cnnn1-c1ccc(-c2ccc(CC(=O)O)cc2)cc1)c1ccccc1. The van der Waals surface area contributed by atoms with Crippen LogP contribution in [0.15, 0.2) is 85.1 Å². The normalized spacial score (nSPS) is 11.5. The lowest BCUT2D eigenvalue weighted by atomic mass is 10.0. The molecule has 33 heavy (non-hydrogen) atoms. The Labute approximate surface area is 190 Å². The number of carbonyl (C=O) groups excluding carboxylic acids is 1. The van der Waals surface area contributed by atoms with E-state index in [1.54, 1.807) is 19.1 Å². The third-order valence-corrected chi connectivity index (χ3v) is 5.09. The highest BCUT2D eigenvalue weighted by atomic mass is 16.6. The predicted molar refractivity (Wildman–Crippen MR) is 123 cm³/mol. The van der Waals surface area contributed by atoms with E-state index in [1.165, 1.54) is 10.9 Å². The van der Waals surface area contributed by atoms with E-state index < -0.39 is 18.2 Å². The van der Waals surface area contributed by atoms with Crippen LogP contribution >= 0.6 is 0 Å². The number of aromatic nitrogens is 3. The minimum Gasteiger partial charge on any atom is -0.481 e. The van der Waals surface area contributed by atoms with E-state index in [-0.39, 0.29) is 6.42 Å². The lowest BCUT2D eigenvalue weighted by molar-refractivity contribution is -0.136. The molecule has 0 saturated carbocycles. The van der Waals surface area contributed by atoms with Crippen molar-refractivity contribution in [3.63, 3.8) is 0 Å². The predicted octanol–water partition coefficient (Wildman–Crippen LogP) is 4.87. The molecule has 8 nitrogen and oxygen atoms in total. The zero-order chi connectivity index (χ0) is 23.2. The van der Waals surface area contributed by atoms with Crippen molar-refractivity contribution in [2.45, 2.75) is 19.4 Å². The lowest BCUT2D eigenvalue weighted by Gasteiger charge is -2.14. The second kappa shape index (κ2) is 9.78. The van der Waals surface area contributed by atoms with Crippen LogP contribution in [0, 0.1) is 0 Å². The number of hydrogen-bond acceptors (Lipinski definition) is 5. The lowest BCUT2D eigenvalue weighted by Crippen LogP contribution is -2.18. The molecule has 0 bridgehead atoms. The number of carboxylic acids is 1. The third-order valence-electron chi connectivity index (χ3n) is 5.09. The Kier molecular flexibility index (Phi) is 6.45. The van der Waals surface area contributed by atoms with Gasteiger partial charge in [0.25, 0.3) is 0 Å². The first kappa shape index (κ1) is 21.8. The van der Waals surface area contributed by atoms with Crippen LogP contribution < -0.4 is 5.32 Å². The molecule has 0 fully saturated rings. The molecule has 2 N–H and O–H groups in total. The summed E-state index contributed by atoms with van der Waals surface area (Å²) < 4.78 is 6.96. The fraction of sp³-hybridized carbons (Fsp3) is 0.120. The van der Waals surface area contributed by atoms with Crippen molar-refractivity contribution in [1.82, 2.24) is 15.0 Å². The standard InChI is InChI=1S/C25H22N4O4/c1-17(19-5-3-2-4-6-19)33-25(32)27-23-16-26-28-29(23)22-13-11-21(12-14-22)20-9-7-18(8-10-20)15-24(30)31/h2-14,16-17H,15H2,1H3,(H,27,32)(H,30,31)/t17-/m1/s1. The number of anilines is 1. The third kappa shape index (κ3) is 5.43. The number of ether oxygens (including phenoxy) is 1. The first-order valence-electron chi connectivity index (χ1n) is 10.3. The first-order chi connectivity index (χ1) is 16.0. The van der Waals surface area contributed by atoms with Crippen LogP contribution in [-0.2, 0) is 16.0 Å². The Morgan fingerprint density at radius 2 is 1.61 bits per heavy atom. The van der Waals surface area contributed by atoms with Gasteiger partial charge in [-0.1, -0.05) is 71.9 Å². The number of amides is 1. The van der Waals surface area contributed by atoms with Gasteiger partial charge in [-0.05, 0) is 41.3 Å². The van der Waals surface area contributed by atoms with Gasteiger partial charge in [0.2, 0.25) is 0 Å². The molecule has 3 aromatic carbocycles. The van der Waals surface area contributed by atoms with E-state index in [1.807, 2.05) is 66.7 Å². The van der Waals surface area contributed by atoms with E-state index in [4.69, 9.17) is 9.84 Å². The minimum absolute atomic E-state index is 0.00610. The molecule has 4 aromatic rings. The number of carboxylic acid groups (broad SMARTS) is 1. The average molecular weight is 442 g/mol. The van der Waals surface area contributed by atoms with Crippen LogP contribution in [-0.4, -0.2) is 32.2 Å². The Hall–Kier alpha value is -4.46. The van der Waals surface area contributed by atoms with Gasteiger partial charge in [0.1, 0.15) is 6.10 Å². The zero-order valence-corrected chi connectivity index (χ0v) is 17.9. The molecule has 1 amide bonds. The molecule has 1 atom stereocenters. The first-order valence-corrected chi connectivity index (χ1v) is 10.3. The van der Waals surface area contributed by atoms with Crippen molar-refractivity contribution in [3.8, 4) is 16.8 Å². The van der Waals surface area contributed by atoms with Gasteiger partial charge in [-0.3, -0.25) is 10.1 Å². The zero-order valence-electron chi connectivity index (χ0n) is 17.9. The van der Waals surface area contributed by atoms with Crippen LogP contribution in [0.4, 0.5) is 10.6 Å². The average Bonchev–Trinajstić information content (AvgIpc) is 3.28. The van der Waals surface area contributed by atoms with Gasteiger partial charge < -0.3 is 9.84 Å². The minimum atomic E-state index is -0.859. The fourth-order valence-electron chi connectivity index (χ4n) is 3.38. The second-order valence-corrected chi connectivity index (χ2v) is 7.43. The summed E-state index contributed by atoms with van der Waals surface area (Å²) in [5.41, 5.74) is 4.28. The molecule has 0 aliphatic rings. The van der Waals surface area contributed by atoms with E-state index in [0.717, 1.165) is 22.3 Å². The highest BCUT2D eigenvalue weighted by molar-refractivity contribution is 5.83. The van der Waals surface area contributed by atoms with Gasteiger partial charge in [-0.2, -0.15) is 4.68 Å². The van der Waals surface area contributed by atoms with E-state index in [0.29, 0.717) is 11.5 Å². The van der Waals surface area contributed by atoms with Crippen LogP contribution in [0.1, 0.15) is 24.2 Å². The van der Waals surface area contributed by atoms with Crippen molar-refractivity contribution >= 4 is 17.9 Å². The van der Waals surface area contributed by atoms with Gasteiger partial charge in [-0.15, -0.1) is 5.10 Å². The van der Waals surface area contributed by atoms with Crippen molar-refractivity contribution in [2.75, 3.05) is 5.32 Å². The second-order valence-electron chi connectivity index (χ2n) is 7.43. The molecule has 166 valence electrons. The van der Waals surface area contributed by atoms with Gasteiger partial charge in [-0.25, -0.2) is 4.79 Å². The Morgan fingerprint density at radius 3 is 2.24 bits per heavy atom. The molecule has 0 unspecified atom stereocenters. The number of rotatable bonds is 7. The Balaban J connectivity index is 1.44. The molecular weight excluding hydrogens is 420 g/mol. The summed E-state index contributed by atoms with van der Waals surface area (Å²) in [6, 6.07) is 24.4. The maximum atomic E-state index is 12.4. The van der Waals surface area contributed by atoms with Gasteiger partial charge in [0, 0.05) is 0 Å². The van der Waals surface area contributed by atoms with Gasteiger partial charge in [0.05, 0.1) is 18.3 Å². The van der Waals surface area contributed by atoms with Crippen molar-refractivity contribution in [3.05, 3.63) is 96.2 Å². The number of benzene rings is 3. The van der Waals surface area contributed by atoms with Crippen LogP contribution in [0.2, 0.25) is 0 Å². The Morgan fingerprint density at radius 1 is 0.970 bits per heavy atom. The molecular formula is C25H22N4O4. The molecule has 0 aliphatic heterocycles. The number of hydrogen-bond donors (Lipinski definition) is 2. The molecule has 0 saturated heterocycles. The monoisotopic (exact) mass is 442 g/mol. The number of nitrogens with one attached hydrogen (secondary N) is 1. The summed E-state index contributed by atoms with van der Waals surface area (Å²) in [7, 11) is 0. The summed E-state index contributed by atoms with van der Waals surface area (Å²) in [5.74, 6) is -0.478. The van der Waals surface area contributed by atoms with E-state index >= 15 is 0 Å². The smallest absolute Gasteiger partial charge is 0.413 e. The molecule has 0 spiro atoms. The number of carbonyl (C=O) groups is 2. The summed E-state index contributed by atoms with van der Waals surface area (Å²) in [4.78, 5) is 23.2. The summed E-state index contributed by atoms with van der Waals surface area (Å²) in [5, 5.41) is 19.5.